The smallest absolute Gasteiger partial charge is 0.119 e. The lowest BCUT2D eigenvalue weighted by molar-refractivity contribution is 0.140. The zero-order chi connectivity index (χ0) is 71.2. The molecular weight excluding hydrogens is 1220 g/mol. The number of hydrogen-bond donors (Lipinski definition) is 0. The van der Waals surface area contributed by atoms with Crippen LogP contribution in [0, 0.1) is 95.7 Å². The van der Waals surface area contributed by atoms with Crippen LogP contribution in [0.2, 0.25) is 0 Å². The molecule has 9 saturated carbocycles. The van der Waals surface area contributed by atoms with E-state index >= 15 is 0 Å². The summed E-state index contributed by atoms with van der Waals surface area (Å²) in [5.74, 6) is 20.4. The maximum absolute atomic E-state index is 5.50. The molecule has 574 valence electrons. The van der Waals surface area contributed by atoms with Crippen LogP contribution in [0.15, 0.2) is 72.8 Å². The molecule has 0 heterocycles. The van der Waals surface area contributed by atoms with Crippen LogP contribution in [0.1, 0.15) is 429 Å². The summed E-state index contributed by atoms with van der Waals surface area (Å²) in [6, 6.07) is 26.9. The van der Waals surface area contributed by atoms with Crippen molar-refractivity contribution in [2.75, 3.05) is 13.7 Å². The lowest BCUT2D eigenvalue weighted by Gasteiger charge is -2.38. The Morgan fingerprint density at radius 1 is 0.248 bits per heavy atom. The van der Waals surface area contributed by atoms with Gasteiger partial charge >= 0.3 is 0 Å². The molecule has 0 unspecified atom stereocenters. The van der Waals surface area contributed by atoms with Gasteiger partial charge in [-0.1, -0.05) is 282 Å². The number of benzene rings is 3. The van der Waals surface area contributed by atoms with Crippen molar-refractivity contribution in [2.45, 2.75) is 414 Å². The second kappa shape index (κ2) is 48.5. The third kappa shape index (κ3) is 29.4. The maximum atomic E-state index is 5.50. The predicted molar refractivity (Wildman–Crippen MR) is 442 cm³/mol. The molecule has 0 atom stereocenters. The van der Waals surface area contributed by atoms with E-state index < -0.39 is 0 Å². The molecule has 0 bridgehead atoms. The zero-order valence-corrected chi connectivity index (χ0v) is 68.6. The molecule has 2 nitrogen and oxygen atoms in total. The molecule has 3 aromatic carbocycles. The van der Waals surface area contributed by atoms with Gasteiger partial charge in [-0.05, 0) is 315 Å². The molecule has 2 heteroatoms. The molecule has 0 saturated heterocycles. The van der Waals surface area contributed by atoms with Crippen LogP contribution in [0.25, 0.3) is 0 Å². The average molecular weight is 1390 g/mol. The summed E-state index contributed by atoms with van der Waals surface area (Å²) >= 11 is 0. The molecule has 9 aliphatic rings. The third-order valence-electron chi connectivity index (χ3n) is 29.8. The highest BCUT2D eigenvalue weighted by Gasteiger charge is 2.35. The minimum Gasteiger partial charge on any atom is -0.497 e. The first-order chi connectivity index (χ1) is 49.5. The lowest BCUT2D eigenvalue weighted by atomic mass is 9.68. The van der Waals surface area contributed by atoms with E-state index in [0.29, 0.717) is 0 Å². The molecular formula is C99H166O2. The van der Waals surface area contributed by atoms with Crippen LogP contribution in [0.3, 0.4) is 0 Å². The summed E-state index contributed by atoms with van der Waals surface area (Å²) in [6.07, 6.45) is 77.3. The van der Waals surface area contributed by atoms with E-state index in [1.165, 1.54) is 261 Å². The number of rotatable bonds is 26. The van der Waals surface area contributed by atoms with E-state index in [9.17, 15) is 0 Å². The van der Waals surface area contributed by atoms with Crippen molar-refractivity contribution in [1.29, 1.82) is 0 Å². The quantitative estimate of drug-likeness (QED) is 0.0746. The molecule has 0 radical (unpaired) electrons. The number of unbranched alkanes of at least 4 members (excludes halogenated alkanes) is 3. The molecule has 0 spiro atoms. The van der Waals surface area contributed by atoms with Gasteiger partial charge in [-0.15, -0.1) is 0 Å². The van der Waals surface area contributed by atoms with Gasteiger partial charge in [-0.3, -0.25) is 0 Å². The molecule has 9 aliphatic carbocycles. The molecule has 0 N–H and O–H groups in total. The largest absolute Gasteiger partial charge is 0.497 e. The number of ether oxygens (including phenoxy) is 2. The second-order valence-corrected chi connectivity index (χ2v) is 36.5. The number of methoxy groups -OCH3 is 1. The standard InChI is InChI=1S/C22H34O.C22H34.2C19H36.C17H26O/c1-3-4-17-5-7-18(8-6-17)19-9-11-20(12-10-19)21-13-15-22(23-2)16-14-21;1-3-4-18-7-11-20(12-8-18)22-15-13-21(14-16-22)19-9-5-17(2)6-10-19;1-3-5-6-7-17-10-14-19(15-11-17)18-12-8-16(4-2)9-13-18;1-3-5-7-17-10-14-19(15-11-17)18-12-8-16(6-4-2)9-13-18;1-3-5-14-6-8-15(9-7-14)16-10-12-17(13-11-16)18-4-2/h13-20H,3-12H2,1-2H3;5-6,9-10,18,20-22H,3-4,7-8,11-16H2,1-2H3;2*16-19H,3-15H2,1-2H3;10-15H,3-9H2,1-2H3. The average Bonchev–Trinajstić information content (AvgIpc) is 0.896. The van der Waals surface area contributed by atoms with Gasteiger partial charge < -0.3 is 9.47 Å². The van der Waals surface area contributed by atoms with E-state index in [1.54, 1.807) is 103 Å². The second-order valence-electron chi connectivity index (χ2n) is 36.5. The Morgan fingerprint density at radius 3 is 0.772 bits per heavy atom. The Morgan fingerprint density at radius 2 is 0.495 bits per heavy atom. The highest BCUT2D eigenvalue weighted by atomic mass is 16.5. The first-order valence-electron chi connectivity index (χ1n) is 46.0. The first kappa shape index (κ1) is 83.9. The van der Waals surface area contributed by atoms with Gasteiger partial charge in [0, 0.05) is 0 Å². The number of aryl methyl sites for hydroxylation is 1. The Kier molecular flexibility index (Phi) is 40.3. The van der Waals surface area contributed by atoms with E-state index in [4.69, 9.17) is 9.47 Å². The lowest BCUT2D eigenvalue weighted by Crippen LogP contribution is -2.25. The van der Waals surface area contributed by atoms with Crippen molar-refractivity contribution < 1.29 is 9.47 Å². The maximum Gasteiger partial charge on any atom is 0.119 e. The highest BCUT2D eigenvalue weighted by Crippen LogP contribution is 2.49. The van der Waals surface area contributed by atoms with Crippen molar-refractivity contribution in [3.05, 3.63) is 95.1 Å². The normalized spacial score (nSPS) is 32.3. The van der Waals surface area contributed by atoms with Gasteiger partial charge in [-0.2, -0.15) is 0 Å². The van der Waals surface area contributed by atoms with Gasteiger partial charge in [0.1, 0.15) is 11.5 Å². The Labute approximate surface area is 628 Å². The fraction of sp³-hybridized carbons (Fsp3) is 0.818. The van der Waals surface area contributed by atoms with Gasteiger partial charge in [0.2, 0.25) is 0 Å². The Balaban J connectivity index is 0.000000161. The molecule has 0 aliphatic heterocycles. The van der Waals surface area contributed by atoms with E-state index in [0.717, 1.165) is 125 Å². The Hall–Kier alpha value is -2.74. The zero-order valence-electron chi connectivity index (χ0n) is 68.6. The van der Waals surface area contributed by atoms with Crippen molar-refractivity contribution in [3.8, 4) is 11.5 Å². The van der Waals surface area contributed by atoms with Crippen molar-refractivity contribution in [2.24, 2.45) is 88.8 Å². The summed E-state index contributed by atoms with van der Waals surface area (Å²) < 4.78 is 10.8. The molecule has 9 fully saturated rings. The van der Waals surface area contributed by atoms with Crippen LogP contribution in [-0.2, 0) is 0 Å². The van der Waals surface area contributed by atoms with Crippen LogP contribution in [-0.4, -0.2) is 13.7 Å². The molecule has 3 aromatic rings. The summed E-state index contributed by atoms with van der Waals surface area (Å²) in [7, 11) is 1.75. The van der Waals surface area contributed by atoms with Crippen molar-refractivity contribution in [1.82, 2.24) is 0 Å². The predicted octanol–water partition coefficient (Wildman–Crippen LogP) is 31.8. The summed E-state index contributed by atoms with van der Waals surface area (Å²) in [6.45, 7) is 21.4. The molecule has 0 aromatic heterocycles. The summed E-state index contributed by atoms with van der Waals surface area (Å²) in [4.78, 5) is 0. The monoisotopic (exact) mass is 1390 g/mol. The van der Waals surface area contributed by atoms with Gasteiger partial charge in [0.25, 0.3) is 0 Å². The molecule has 0 amide bonds. The summed E-state index contributed by atoms with van der Waals surface area (Å²) in [5.41, 5.74) is 6.02. The van der Waals surface area contributed by atoms with E-state index in [1.807, 2.05) is 6.92 Å². The van der Waals surface area contributed by atoms with Gasteiger partial charge in [0.15, 0.2) is 0 Å². The SMILES string of the molecule is CCCC1CCC(C2CCC(c3ccc(C)cc3)CC2)CC1.CCCC1CCC(C2CCC(c3ccc(OC)cc3)CC2)CC1.CCCC1CCC(c2ccc(OCC)cc2)CC1.CCCCC1CCC(C2CCC(CCC)CC2)CC1.CCCCCC1CCC(C2CCC(CC)CC2)CC1. The number of hydrogen-bond acceptors (Lipinski definition) is 2. The van der Waals surface area contributed by atoms with Crippen LogP contribution in [0.4, 0.5) is 0 Å². The van der Waals surface area contributed by atoms with E-state index in [2.05, 4.69) is 128 Å². The van der Waals surface area contributed by atoms with Gasteiger partial charge in [0.05, 0.1) is 13.7 Å². The Bertz CT molecular complexity index is 2440. The van der Waals surface area contributed by atoms with Crippen LogP contribution < -0.4 is 9.47 Å². The fourth-order valence-corrected chi connectivity index (χ4v) is 23.0. The highest BCUT2D eigenvalue weighted by molar-refractivity contribution is 5.31. The topological polar surface area (TPSA) is 18.5 Å². The first-order valence-corrected chi connectivity index (χ1v) is 46.0. The van der Waals surface area contributed by atoms with Crippen LogP contribution in [0.5, 0.6) is 11.5 Å². The van der Waals surface area contributed by atoms with Crippen molar-refractivity contribution >= 4 is 0 Å². The summed E-state index contributed by atoms with van der Waals surface area (Å²) in [5, 5.41) is 0. The molecule has 12 rings (SSSR count). The van der Waals surface area contributed by atoms with Gasteiger partial charge in [-0.25, -0.2) is 0 Å². The van der Waals surface area contributed by atoms with Crippen LogP contribution >= 0.6 is 0 Å². The fourth-order valence-electron chi connectivity index (χ4n) is 23.0. The minimum atomic E-state index is 0.751. The van der Waals surface area contributed by atoms with Crippen molar-refractivity contribution in [3.63, 3.8) is 0 Å². The third-order valence-corrected chi connectivity index (χ3v) is 29.8. The minimum absolute atomic E-state index is 0.751. The molecule has 101 heavy (non-hydrogen) atoms. The van der Waals surface area contributed by atoms with E-state index in [-0.39, 0.29) is 0 Å².